The molecule has 5 atom stereocenters. The minimum atomic E-state index is -1.09. The van der Waals surface area contributed by atoms with Crippen LogP contribution in [0.3, 0.4) is 0 Å². The standard InChI is InChI=1S/C36H37N3O11/c1-15-29(40)18-12-21-28-27-19(30(41)16(2)34(48-7)32(27)43)11-20(38(28)3)22(13-37)39(21)23(26(18)31(42)33(15)47-6)14-50-36(44)17-9-24(45-4)35(49-8)25(10-17)46-5/h9-10,20-23,28H,11-12,14H2,1-8H3/t20-,21-,22-,23-,28-/m0/s1. The zero-order valence-corrected chi connectivity index (χ0v) is 29.0. The summed E-state index contributed by atoms with van der Waals surface area (Å²) in [7, 11) is 8.64. The molecule has 0 amide bonds. The number of nitrogens with zero attached hydrogens (tertiary/aromatic N) is 3. The van der Waals surface area contributed by atoms with Crippen molar-refractivity contribution in [2.45, 2.75) is 56.9 Å². The molecule has 1 fully saturated rings. The molecule has 1 saturated heterocycles. The van der Waals surface area contributed by atoms with E-state index < -0.39 is 60.1 Å². The lowest BCUT2D eigenvalue weighted by atomic mass is 9.67. The molecule has 0 radical (unpaired) electrons. The largest absolute Gasteiger partial charge is 0.493 e. The highest BCUT2D eigenvalue weighted by atomic mass is 16.5. The van der Waals surface area contributed by atoms with Gasteiger partial charge in [-0.05, 0) is 45.9 Å². The van der Waals surface area contributed by atoms with Crippen LogP contribution in [0.2, 0.25) is 0 Å². The molecule has 1 aromatic rings. The number of fused-ring (bicyclic) bond motifs is 5. The molecular formula is C36H37N3O11. The van der Waals surface area contributed by atoms with Crippen LogP contribution < -0.4 is 14.2 Å². The first-order chi connectivity index (χ1) is 23.9. The second-order valence-electron chi connectivity index (χ2n) is 12.6. The third-order valence-corrected chi connectivity index (χ3v) is 10.5. The van der Waals surface area contributed by atoms with Crippen LogP contribution in [0.4, 0.5) is 0 Å². The van der Waals surface area contributed by atoms with E-state index in [1.807, 2.05) is 4.90 Å². The van der Waals surface area contributed by atoms with Gasteiger partial charge in [-0.3, -0.25) is 29.0 Å². The molecule has 50 heavy (non-hydrogen) atoms. The number of Topliss-reactive ketones (excluding diaryl/α,β-unsaturated/α-hetero) is 4. The number of carbonyl (C=O) groups excluding carboxylic acids is 5. The number of piperazine rings is 1. The smallest absolute Gasteiger partial charge is 0.338 e. The predicted octanol–water partition coefficient (Wildman–Crippen LogP) is 2.03. The molecule has 5 aliphatic rings. The molecule has 14 nitrogen and oxygen atoms in total. The van der Waals surface area contributed by atoms with Crippen LogP contribution in [0.15, 0.2) is 57.1 Å². The zero-order valence-electron chi connectivity index (χ0n) is 29.0. The number of likely N-dealkylation sites (N-methyl/N-ethyl adjacent to an activating group) is 1. The van der Waals surface area contributed by atoms with Gasteiger partial charge in [0.05, 0.1) is 59.3 Å². The summed E-state index contributed by atoms with van der Waals surface area (Å²) in [6, 6.07) is 1.07. The summed E-state index contributed by atoms with van der Waals surface area (Å²) in [5.74, 6) is -2.07. The van der Waals surface area contributed by atoms with E-state index in [4.69, 9.17) is 28.4 Å². The van der Waals surface area contributed by atoms with Crippen molar-refractivity contribution in [3.63, 3.8) is 0 Å². The molecule has 6 rings (SSSR count). The second-order valence-corrected chi connectivity index (χ2v) is 12.6. The molecule has 3 heterocycles. The Morgan fingerprint density at radius 1 is 0.780 bits per heavy atom. The van der Waals surface area contributed by atoms with Gasteiger partial charge in [-0.1, -0.05) is 0 Å². The summed E-state index contributed by atoms with van der Waals surface area (Å²) in [6.45, 7) is 2.59. The van der Waals surface area contributed by atoms with Crippen LogP contribution in [-0.2, 0) is 33.4 Å². The minimum absolute atomic E-state index is 0.0191. The lowest BCUT2D eigenvalue weighted by Gasteiger charge is -2.60. The molecule has 2 bridgehead atoms. The quantitative estimate of drug-likeness (QED) is 0.287. The lowest BCUT2D eigenvalue weighted by molar-refractivity contribution is -0.126. The van der Waals surface area contributed by atoms with E-state index in [0.717, 1.165) is 0 Å². The fourth-order valence-corrected chi connectivity index (χ4v) is 8.21. The maximum absolute atomic E-state index is 14.1. The van der Waals surface area contributed by atoms with Gasteiger partial charge < -0.3 is 28.4 Å². The molecular weight excluding hydrogens is 650 g/mol. The fraction of sp³-hybridized carbons (Fsp3) is 0.444. The van der Waals surface area contributed by atoms with Crippen LogP contribution in [0, 0.1) is 11.3 Å². The van der Waals surface area contributed by atoms with Crippen molar-refractivity contribution >= 4 is 29.1 Å². The Hall–Kier alpha value is -5.26. The number of ether oxygens (including phenoxy) is 6. The molecule has 0 unspecified atom stereocenters. The van der Waals surface area contributed by atoms with Crippen LogP contribution in [0.25, 0.3) is 0 Å². The summed E-state index contributed by atoms with van der Waals surface area (Å²) < 4.78 is 32.8. The Morgan fingerprint density at radius 2 is 1.30 bits per heavy atom. The number of methoxy groups -OCH3 is 5. The van der Waals surface area contributed by atoms with Crippen LogP contribution in [0.1, 0.15) is 37.0 Å². The third kappa shape index (κ3) is 4.86. The SMILES string of the molecule is COC1=C(C)C(=O)C2=C(C1=O)[C@@H]1[C@@H]3CC4=C(C(=O)C(OC)=C(C)C4=O)[C@H](COC(=O)c4cc(OC)c(OC)c(OC)c4)N3[C@@H](C#N)[C@H](C2)N1C. The van der Waals surface area contributed by atoms with Crippen molar-refractivity contribution < 1.29 is 52.4 Å². The van der Waals surface area contributed by atoms with Crippen LogP contribution in [-0.4, -0.2) is 118 Å². The first kappa shape index (κ1) is 34.6. The van der Waals surface area contributed by atoms with Crippen molar-refractivity contribution in [3.05, 3.63) is 62.7 Å². The molecule has 262 valence electrons. The van der Waals surface area contributed by atoms with Crippen LogP contribution in [0.5, 0.6) is 17.2 Å². The van der Waals surface area contributed by atoms with Gasteiger partial charge in [0, 0.05) is 45.5 Å². The predicted molar refractivity (Wildman–Crippen MR) is 173 cm³/mol. The number of hydrogen-bond donors (Lipinski definition) is 0. The van der Waals surface area contributed by atoms with E-state index in [-0.39, 0.29) is 80.8 Å². The minimum Gasteiger partial charge on any atom is -0.493 e. The van der Waals surface area contributed by atoms with Gasteiger partial charge in [0.15, 0.2) is 34.6 Å². The molecule has 0 aromatic heterocycles. The van der Waals surface area contributed by atoms with E-state index in [1.165, 1.54) is 61.5 Å². The van der Waals surface area contributed by atoms with Gasteiger partial charge in [0.1, 0.15) is 12.6 Å². The van der Waals surface area contributed by atoms with E-state index >= 15 is 0 Å². The molecule has 1 aromatic carbocycles. The molecule has 2 aliphatic carbocycles. The molecule has 0 saturated carbocycles. The number of allylic oxidation sites excluding steroid dienone is 4. The number of nitriles is 1. The maximum atomic E-state index is 14.1. The van der Waals surface area contributed by atoms with Crippen molar-refractivity contribution in [1.82, 2.24) is 9.80 Å². The van der Waals surface area contributed by atoms with Crippen molar-refractivity contribution in [2.75, 3.05) is 49.2 Å². The van der Waals surface area contributed by atoms with Gasteiger partial charge >= 0.3 is 5.97 Å². The third-order valence-electron chi connectivity index (χ3n) is 10.5. The van der Waals surface area contributed by atoms with E-state index in [1.54, 1.807) is 11.9 Å². The normalized spacial score (nSPS) is 26.7. The fourth-order valence-electron chi connectivity index (χ4n) is 8.21. The Kier molecular flexibility index (Phi) is 8.92. The number of benzene rings is 1. The van der Waals surface area contributed by atoms with Crippen molar-refractivity contribution in [3.8, 4) is 23.3 Å². The van der Waals surface area contributed by atoms with Gasteiger partial charge in [0.25, 0.3) is 0 Å². The highest BCUT2D eigenvalue weighted by molar-refractivity contribution is 6.26. The Bertz CT molecular complexity index is 1900. The van der Waals surface area contributed by atoms with Gasteiger partial charge in [-0.25, -0.2) is 4.79 Å². The van der Waals surface area contributed by atoms with E-state index in [2.05, 4.69) is 6.07 Å². The highest BCUT2D eigenvalue weighted by Gasteiger charge is 2.60. The molecule has 14 heteroatoms. The average molecular weight is 688 g/mol. The number of esters is 1. The van der Waals surface area contributed by atoms with Crippen LogP contribution >= 0.6 is 0 Å². The molecule has 0 spiro atoms. The lowest BCUT2D eigenvalue weighted by Crippen LogP contribution is -2.74. The summed E-state index contributed by atoms with van der Waals surface area (Å²) in [6.07, 6.45) is 0.0660. The maximum Gasteiger partial charge on any atom is 0.338 e. The van der Waals surface area contributed by atoms with Gasteiger partial charge in [-0.15, -0.1) is 0 Å². The van der Waals surface area contributed by atoms with Gasteiger partial charge in [0.2, 0.25) is 17.3 Å². The number of ketones is 4. The number of hydrogen-bond acceptors (Lipinski definition) is 14. The van der Waals surface area contributed by atoms with Gasteiger partial charge in [-0.2, -0.15) is 5.26 Å². The number of carbonyl (C=O) groups is 5. The van der Waals surface area contributed by atoms with Crippen molar-refractivity contribution in [1.29, 1.82) is 5.26 Å². The topological polar surface area (TPSA) is 171 Å². The number of rotatable bonds is 8. The second kappa shape index (κ2) is 12.9. The van der Waals surface area contributed by atoms with E-state index in [9.17, 15) is 29.2 Å². The first-order valence-electron chi connectivity index (χ1n) is 15.9. The summed E-state index contributed by atoms with van der Waals surface area (Å²) >= 11 is 0. The first-order valence-corrected chi connectivity index (χ1v) is 15.9. The monoisotopic (exact) mass is 687 g/mol. The Balaban J connectivity index is 1.48. The van der Waals surface area contributed by atoms with E-state index in [0.29, 0.717) is 5.57 Å². The molecule has 3 aliphatic heterocycles. The summed E-state index contributed by atoms with van der Waals surface area (Å²) in [5, 5.41) is 10.7. The van der Waals surface area contributed by atoms with Crippen molar-refractivity contribution in [2.24, 2.45) is 0 Å². The highest BCUT2D eigenvalue weighted by Crippen LogP contribution is 2.49. The summed E-state index contributed by atoms with van der Waals surface area (Å²) in [5.41, 5.74) is 1.15. The Morgan fingerprint density at radius 3 is 1.80 bits per heavy atom. The molecule has 0 N–H and O–H groups in total. The summed E-state index contributed by atoms with van der Waals surface area (Å²) in [4.78, 5) is 73.0. The average Bonchev–Trinajstić information content (AvgIpc) is 3.11. The Labute approximate surface area is 288 Å². The zero-order chi connectivity index (χ0) is 36.3.